The van der Waals surface area contributed by atoms with Gasteiger partial charge in [-0.15, -0.1) is 0 Å². The molecule has 0 spiro atoms. The van der Waals surface area contributed by atoms with Crippen molar-refractivity contribution in [3.63, 3.8) is 0 Å². The topological polar surface area (TPSA) is 17.1 Å². The molecule has 0 amide bonds. The van der Waals surface area contributed by atoms with Crippen LogP contribution in [0.3, 0.4) is 0 Å². The first kappa shape index (κ1) is 13.7. The molecule has 0 fully saturated rings. The van der Waals surface area contributed by atoms with Crippen LogP contribution in [0.2, 0.25) is 0 Å². The van der Waals surface area contributed by atoms with E-state index in [0.717, 1.165) is 12.8 Å². The van der Waals surface area contributed by atoms with Crippen LogP contribution >= 0.6 is 0 Å². The van der Waals surface area contributed by atoms with Crippen molar-refractivity contribution in [3.05, 3.63) is 48.0 Å². The van der Waals surface area contributed by atoms with Crippen molar-refractivity contribution >= 4 is 5.78 Å². The minimum Gasteiger partial charge on any atom is -0.300 e. The van der Waals surface area contributed by atoms with Crippen molar-refractivity contribution < 1.29 is 4.79 Å². The first-order valence-electron chi connectivity index (χ1n) is 6.31. The third kappa shape index (κ3) is 4.56. The lowest BCUT2D eigenvalue weighted by molar-refractivity contribution is -0.120. The number of hydrogen-bond acceptors (Lipinski definition) is 1. The number of carbonyl (C=O) groups is 1. The van der Waals surface area contributed by atoms with Gasteiger partial charge in [-0.3, -0.25) is 4.79 Å². The minimum absolute atomic E-state index is 0.144. The molecule has 1 aromatic carbocycles. The van der Waals surface area contributed by atoms with E-state index in [1.807, 2.05) is 19.9 Å². The van der Waals surface area contributed by atoms with Crippen LogP contribution in [-0.2, 0) is 4.79 Å². The number of benzene rings is 1. The van der Waals surface area contributed by atoms with Crippen molar-refractivity contribution in [2.75, 3.05) is 0 Å². The summed E-state index contributed by atoms with van der Waals surface area (Å²) < 4.78 is 0. The molecule has 0 radical (unpaired) electrons. The number of ketones is 1. The average molecular weight is 230 g/mol. The van der Waals surface area contributed by atoms with Gasteiger partial charge in [0.25, 0.3) is 0 Å². The predicted molar refractivity (Wildman–Crippen MR) is 73.1 cm³/mol. The first-order valence-corrected chi connectivity index (χ1v) is 6.31. The Kier molecular flexibility index (Phi) is 5.68. The molecule has 17 heavy (non-hydrogen) atoms. The SMILES string of the molecule is CC=CCC(CC(C)C(C)=O)c1ccccc1. The van der Waals surface area contributed by atoms with Crippen LogP contribution in [-0.4, -0.2) is 5.78 Å². The zero-order valence-corrected chi connectivity index (χ0v) is 11.0. The van der Waals surface area contributed by atoms with Gasteiger partial charge in [-0.1, -0.05) is 49.4 Å². The second-order valence-corrected chi connectivity index (χ2v) is 4.66. The third-order valence-corrected chi connectivity index (χ3v) is 3.26. The standard InChI is InChI=1S/C16H22O/c1-4-5-9-16(12-13(2)14(3)17)15-10-7-6-8-11-15/h4-8,10-11,13,16H,9,12H2,1-3H3. The van der Waals surface area contributed by atoms with E-state index in [1.54, 1.807) is 6.92 Å². The van der Waals surface area contributed by atoms with Gasteiger partial charge in [0.2, 0.25) is 0 Å². The van der Waals surface area contributed by atoms with E-state index in [9.17, 15) is 4.79 Å². The lowest BCUT2D eigenvalue weighted by Gasteiger charge is -2.18. The van der Waals surface area contributed by atoms with E-state index >= 15 is 0 Å². The molecule has 0 aliphatic heterocycles. The molecule has 0 heterocycles. The van der Waals surface area contributed by atoms with Gasteiger partial charge in [0.1, 0.15) is 5.78 Å². The maximum Gasteiger partial charge on any atom is 0.132 e. The highest BCUT2D eigenvalue weighted by atomic mass is 16.1. The summed E-state index contributed by atoms with van der Waals surface area (Å²) in [5.41, 5.74) is 1.33. The van der Waals surface area contributed by atoms with Crippen LogP contribution in [0.15, 0.2) is 42.5 Å². The third-order valence-electron chi connectivity index (χ3n) is 3.26. The van der Waals surface area contributed by atoms with Gasteiger partial charge in [0, 0.05) is 5.92 Å². The number of allylic oxidation sites excluding steroid dienone is 2. The van der Waals surface area contributed by atoms with Crippen LogP contribution in [0.4, 0.5) is 0 Å². The molecule has 2 atom stereocenters. The lowest BCUT2D eigenvalue weighted by atomic mass is 9.86. The van der Waals surface area contributed by atoms with Crippen molar-refractivity contribution in [1.82, 2.24) is 0 Å². The van der Waals surface area contributed by atoms with Crippen LogP contribution in [0, 0.1) is 5.92 Å². The summed E-state index contributed by atoms with van der Waals surface area (Å²) in [6, 6.07) is 10.5. The predicted octanol–water partition coefficient (Wildman–Crippen LogP) is 4.35. The minimum atomic E-state index is 0.144. The molecule has 1 rings (SSSR count). The van der Waals surface area contributed by atoms with Crippen LogP contribution in [0.1, 0.15) is 45.1 Å². The van der Waals surface area contributed by atoms with Crippen LogP contribution in [0.25, 0.3) is 0 Å². The quantitative estimate of drug-likeness (QED) is 0.664. The zero-order chi connectivity index (χ0) is 12.7. The molecular formula is C16H22O. The molecule has 1 aromatic rings. The molecule has 2 unspecified atom stereocenters. The Hall–Kier alpha value is -1.37. The number of hydrogen-bond donors (Lipinski definition) is 0. The van der Waals surface area contributed by atoms with Crippen LogP contribution < -0.4 is 0 Å². The summed E-state index contributed by atoms with van der Waals surface area (Å²) in [7, 11) is 0. The Bertz CT molecular complexity index is 364. The molecule has 0 bridgehead atoms. The van der Waals surface area contributed by atoms with Gasteiger partial charge >= 0.3 is 0 Å². The summed E-state index contributed by atoms with van der Waals surface area (Å²) in [6.45, 7) is 5.74. The van der Waals surface area contributed by atoms with Crippen molar-refractivity contribution in [2.24, 2.45) is 5.92 Å². The van der Waals surface area contributed by atoms with Crippen molar-refractivity contribution in [2.45, 2.75) is 39.5 Å². The Balaban J connectivity index is 2.77. The molecule has 0 saturated heterocycles. The molecule has 0 aliphatic carbocycles. The molecule has 1 heteroatoms. The van der Waals surface area contributed by atoms with Gasteiger partial charge in [0.15, 0.2) is 0 Å². The van der Waals surface area contributed by atoms with E-state index < -0.39 is 0 Å². The molecule has 0 aliphatic rings. The summed E-state index contributed by atoms with van der Waals surface area (Å²) in [6.07, 6.45) is 6.21. The van der Waals surface area contributed by atoms with Gasteiger partial charge in [-0.2, -0.15) is 0 Å². The van der Waals surface area contributed by atoms with Gasteiger partial charge < -0.3 is 0 Å². The Labute approximate surface area is 105 Å². The summed E-state index contributed by atoms with van der Waals surface area (Å²) in [5.74, 6) is 0.878. The first-order chi connectivity index (χ1) is 8.15. The lowest BCUT2D eigenvalue weighted by Crippen LogP contribution is -2.11. The fourth-order valence-electron chi connectivity index (χ4n) is 1.99. The Morgan fingerprint density at radius 2 is 1.94 bits per heavy atom. The Morgan fingerprint density at radius 1 is 1.29 bits per heavy atom. The van der Waals surface area contributed by atoms with Crippen LogP contribution in [0.5, 0.6) is 0 Å². The normalized spacial score (nSPS) is 14.8. The summed E-state index contributed by atoms with van der Waals surface area (Å²) in [4.78, 5) is 11.4. The van der Waals surface area contributed by atoms with E-state index in [1.165, 1.54) is 5.56 Å². The molecule has 1 nitrogen and oxygen atoms in total. The highest BCUT2D eigenvalue weighted by Crippen LogP contribution is 2.27. The number of rotatable bonds is 6. The molecule has 0 saturated carbocycles. The summed E-state index contributed by atoms with van der Waals surface area (Å²) >= 11 is 0. The number of carbonyl (C=O) groups excluding carboxylic acids is 1. The van der Waals surface area contributed by atoms with E-state index in [-0.39, 0.29) is 11.7 Å². The van der Waals surface area contributed by atoms with E-state index in [0.29, 0.717) is 5.92 Å². The fourth-order valence-corrected chi connectivity index (χ4v) is 1.99. The van der Waals surface area contributed by atoms with Crippen molar-refractivity contribution in [3.8, 4) is 0 Å². The molecule has 0 aromatic heterocycles. The van der Waals surface area contributed by atoms with E-state index in [4.69, 9.17) is 0 Å². The van der Waals surface area contributed by atoms with Gasteiger partial charge in [-0.25, -0.2) is 0 Å². The summed E-state index contributed by atoms with van der Waals surface area (Å²) in [5, 5.41) is 0. The monoisotopic (exact) mass is 230 g/mol. The smallest absolute Gasteiger partial charge is 0.132 e. The maximum absolute atomic E-state index is 11.4. The highest BCUT2D eigenvalue weighted by molar-refractivity contribution is 5.77. The second-order valence-electron chi connectivity index (χ2n) is 4.66. The van der Waals surface area contributed by atoms with Crippen molar-refractivity contribution in [1.29, 1.82) is 0 Å². The largest absolute Gasteiger partial charge is 0.300 e. The zero-order valence-electron chi connectivity index (χ0n) is 11.0. The Morgan fingerprint density at radius 3 is 2.47 bits per heavy atom. The van der Waals surface area contributed by atoms with Gasteiger partial charge in [0.05, 0.1) is 0 Å². The maximum atomic E-state index is 11.4. The highest BCUT2D eigenvalue weighted by Gasteiger charge is 2.16. The molecule has 0 N–H and O–H groups in total. The molecular weight excluding hydrogens is 208 g/mol. The second kappa shape index (κ2) is 7.05. The fraction of sp³-hybridized carbons (Fsp3) is 0.438. The number of Topliss-reactive ketones (excluding diaryl/α,β-unsaturated/α-hetero) is 1. The molecule has 92 valence electrons. The van der Waals surface area contributed by atoms with Gasteiger partial charge in [-0.05, 0) is 38.2 Å². The van der Waals surface area contributed by atoms with E-state index in [2.05, 4.69) is 36.4 Å². The average Bonchev–Trinajstić information content (AvgIpc) is 2.35.